The molecule has 4 rings (SSSR count). The van der Waals surface area contributed by atoms with Crippen LogP contribution >= 0.6 is 0 Å². The van der Waals surface area contributed by atoms with Crippen LogP contribution in [0.2, 0.25) is 0 Å². The summed E-state index contributed by atoms with van der Waals surface area (Å²) in [6.07, 6.45) is 2.32. The van der Waals surface area contributed by atoms with Crippen molar-refractivity contribution in [2.75, 3.05) is 13.1 Å². The van der Waals surface area contributed by atoms with Crippen molar-refractivity contribution in [3.8, 4) is 0 Å². The van der Waals surface area contributed by atoms with Crippen LogP contribution in [0.25, 0.3) is 0 Å². The van der Waals surface area contributed by atoms with Crippen LogP contribution in [0.4, 0.5) is 0 Å². The summed E-state index contributed by atoms with van der Waals surface area (Å²) in [7, 11) is -3.42. The van der Waals surface area contributed by atoms with Crippen molar-refractivity contribution in [2.45, 2.75) is 36.7 Å². The molecule has 0 bridgehead atoms. The number of nitrogens with zero attached hydrogens (tertiary/aromatic N) is 1. The number of benzene rings is 2. The maximum atomic E-state index is 12.8. The van der Waals surface area contributed by atoms with Gasteiger partial charge in [0.05, 0.1) is 4.90 Å². The smallest absolute Gasteiger partial charge is 0.243 e. The van der Waals surface area contributed by atoms with Gasteiger partial charge in [-0.25, -0.2) is 8.42 Å². The van der Waals surface area contributed by atoms with Gasteiger partial charge in [0.15, 0.2) is 0 Å². The molecule has 2 aromatic rings. The lowest BCUT2D eigenvalue weighted by Crippen LogP contribution is -2.26. The molecule has 0 aliphatic carbocycles. The Bertz CT molecular complexity index is 828. The first kappa shape index (κ1) is 15.8. The summed E-state index contributed by atoms with van der Waals surface area (Å²) in [5.74, 6) is 0.594. The average molecular weight is 342 g/mol. The molecule has 0 atom stereocenters. The van der Waals surface area contributed by atoms with Crippen LogP contribution < -0.4 is 5.32 Å². The molecule has 126 valence electrons. The third kappa shape index (κ3) is 2.88. The summed E-state index contributed by atoms with van der Waals surface area (Å²) in [6, 6.07) is 15.2. The number of piperidine rings is 1. The summed E-state index contributed by atoms with van der Waals surface area (Å²) in [5.41, 5.74) is 3.65. The minimum atomic E-state index is -3.42. The number of rotatable bonds is 3. The fourth-order valence-electron chi connectivity index (χ4n) is 3.70. The van der Waals surface area contributed by atoms with Crippen molar-refractivity contribution in [3.63, 3.8) is 0 Å². The molecule has 0 aromatic heterocycles. The quantitative estimate of drug-likeness (QED) is 0.933. The Morgan fingerprint density at radius 2 is 1.62 bits per heavy atom. The Hall–Kier alpha value is -1.69. The molecular formula is C19H22N2O2S. The van der Waals surface area contributed by atoms with E-state index in [1.807, 2.05) is 6.07 Å². The normalized spacial score (nSPS) is 19.3. The second-order valence-corrected chi connectivity index (χ2v) is 8.58. The predicted octanol–water partition coefficient (Wildman–Crippen LogP) is 2.86. The summed E-state index contributed by atoms with van der Waals surface area (Å²) in [5, 5.41) is 3.39. The number of fused-ring (bicyclic) bond motifs is 1. The molecule has 5 heteroatoms. The van der Waals surface area contributed by atoms with Gasteiger partial charge in [-0.2, -0.15) is 4.31 Å². The minimum Gasteiger partial charge on any atom is -0.317 e. The molecule has 0 spiro atoms. The van der Waals surface area contributed by atoms with Crippen LogP contribution in [0.5, 0.6) is 0 Å². The third-order valence-electron chi connectivity index (χ3n) is 5.12. The molecule has 1 N–H and O–H groups in total. The first-order chi connectivity index (χ1) is 11.6. The van der Waals surface area contributed by atoms with E-state index in [1.54, 1.807) is 28.6 Å². The van der Waals surface area contributed by atoms with Gasteiger partial charge < -0.3 is 5.32 Å². The topological polar surface area (TPSA) is 49.4 Å². The molecule has 2 aromatic carbocycles. The first-order valence-corrected chi connectivity index (χ1v) is 9.96. The summed E-state index contributed by atoms with van der Waals surface area (Å²) in [4.78, 5) is 0.372. The van der Waals surface area contributed by atoms with E-state index in [9.17, 15) is 8.42 Å². The van der Waals surface area contributed by atoms with E-state index in [2.05, 4.69) is 23.5 Å². The van der Waals surface area contributed by atoms with Gasteiger partial charge >= 0.3 is 0 Å². The third-order valence-corrected chi connectivity index (χ3v) is 6.92. The lowest BCUT2D eigenvalue weighted by atomic mass is 9.88. The van der Waals surface area contributed by atoms with Crippen LogP contribution in [0.15, 0.2) is 53.4 Å². The Kier molecular flexibility index (Phi) is 4.16. The van der Waals surface area contributed by atoms with Crippen molar-refractivity contribution in [2.24, 2.45) is 0 Å². The zero-order valence-electron chi connectivity index (χ0n) is 13.6. The van der Waals surface area contributed by atoms with Crippen molar-refractivity contribution in [3.05, 3.63) is 65.2 Å². The van der Waals surface area contributed by atoms with Gasteiger partial charge in [0.25, 0.3) is 0 Å². The molecule has 0 unspecified atom stereocenters. The number of hydrogen-bond acceptors (Lipinski definition) is 3. The van der Waals surface area contributed by atoms with E-state index in [0.717, 1.165) is 37.1 Å². The highest BCUT2D eigenvalue weighted by molar-refractivity contribution is 7.89. The van der Waals surface area contributed by atoms with Crippen LogP contribution in [-0.4, -0.2) is 25.8 Å². The highest BCUT2D eigenvalue weighted by Crippen LogP contribution is 2.33. The van der Waals surface area contributed by atoms with Crippen molar-refractivity contribution in [1.29, 1.82) is 0 Å². The van der Waals surface area contributed by atoms with Gasteiger partial charge in [-0.1, -0.05) is 36.4 Å². The Labute approximate surface area is 143 Å². The Morgan fingerprint density at radius 3 is 2.38 bits per heavy atom. The van der Waals surface area contributed by atoms with Crippen LogP contribution in [0, 0.1) is 0 Å². The highest BCUT2D eigenvalue weighted by atomic mass is 32.2. The molecule has 2 aliphatic heterocycles. The molecule has 0 saturated carbocycles. The average Bonchev–Trinajstić information content (AvgIpc) is 3.07. The van der Waals surface area contributed by atoms with E-state index < -0.39 is 10.0 Å². The zero-order valence-corrected chi connectivity index (χ0v) is 14.4. The van der Waals surface area contributed by atoms with Crippen molar-refractivity contribution < 1.29 is 8.42 Å². The number of hydrogen-bond donors (Lipinski definition) is 1. The van der Waals surface area contributed by atoms with E-state index in [-0.39, 0.29) is 0 Å². The lowest BCUT2D eigenvalue weighted by Gasteiger charge is -2.23. The maximum Gasteiger partial charge on any atom is 0.243 e. The monoisotopic (exact) mass is 342 g/mol. The molecule has 2 aliphatic rings. The van der Waals surface area contributed by atoms with Crippen molar-refractivity contribution >= 4 is 10.0 Å². The largest absolute Gasteiger partial charge is 0.317 e. The van der Waals surface area contributed by atoms with Gasteiger partial charge in [0, 0.05) is 13.1 Å². The standard InChI is InChI=1S/C19H22N2O2S/c22-24(23,19-4-2-1-3-5-19)21-13-17-7-6-16(12-18(17)14-21)15-8-10-20-11-9-15/h1-7,12,15,20H,8-11,13-14H2. The SMILES string of the molecule is O=S(=O)(c1ccccc1)N1Cc2ccc(C3CCNCC3)cc2C1. The molecule has 0 amide bonds. The zero-order chi connectivity index (χ0) is 16.6. The van der Waals surface area contributed by atoms with Gasteiger partial charge in [0.1, 0.15) is 0 Å². The minimum absolute atomic E-state index is 0.372. The van der Waals surface area contributed by atoms with Gasteiger partial charge in [-0.3, -0.25) is 0 Å². The summed E-state index contributed by atoms with van der Waals surface area (Å²) >= 11 is 0. The van der Waals surface area contributed by atoms with Crippen molar-refractivity contribution in [1.82, 2.24) is 9.62 Å². The number of sulfonamides is 1. The molecular weight excluding hydrogens is 320 g/mol. The summed E-state index contributed by atoms with van der Waals surface area (Å²) in [6.45, 7) is 3.08. The molecule has 4 nitrogen and oxygen atoms in total. The lowest BCUT2D eigenvalue weighted by molar-refractivity contribution is 0.431. The molecule has 24 heavy (non-hydrogen) atoms. The van der Waals surface area contributed by atoms with Gasteiger partial charge in [-0.15, -0.1) is 0 Å². The van der Waals surface area contributed by atoms with Crippen LogP contribution in [0.3, 0.4) is 0 Å². The molecule has 0 radical (unpaired) electrons. The number of nitrogens with one attached hydrogen (secondary N) is 1. The van der Waals surface area contributed by atoms with Crippen LogP contribution in [-0.2, 0) is 23.1 Å². The highest BCUT2D eigenvalue weighted by Gasteiger charge is 2.31. The van der Waals surface area contributed by atoms with E-state index >= 15 is 0 Å². The summed E-state index contributed by atoms with van der Waals surface area (Å²) < 4.78 is 27.2. The Balaban J connectivity index is 1.58. The molecule has 1 saturated heterocycles. The molecule has 1 fully saturated rings. The van der Waals surface area contributed by atoms with E-state index in [1.165, 1.54) is 5.56 Å². The van der Waals surface area contributed by atoms with E-state index in [0.29, 0.717) is 23.9 Å². The van der Waals surface area contributed by atoms with Gasteiger partial charge in [-0.05, 0) is 60.7 Å². The predicted molar refractivity (Wildman–Crippen MR) is 94.2 cm³/mol. The van der Waals surface area contributed by atoms with Crippen LogP contribution in [0.1, 0.15) is 35.4 Å². The maximum absolute atomic E-state index is 12.8. The first-order valence-electron chi connectivity index (χ1n) is 8.52. The Morgan fingerprint density at radius 1 is 0.917 bits per heavy atom. The second kappa shape index (κ2) is 6.31. The fourth-order valence-corrected chi connectivity index (χ4v) is 5.12. The van der Waals surface area contributed by atoms with E-state index in [4.69, 9.17) is 0 Å². The van der Waals surface area contributed by atoms with Gasteiger partial charge in [0.2, 0.25) is 10.0 Å². The fraction of sp³-hybridized carbons (Fsp3) is 0.368. The second-order valence-electron chi connectivity index (χ2n) is 6.64. The molecule has 2 heterocycles.